The maximum Gasteiger partial charge on any atom is 0.271 e. The molecule has 1 amide bonds. The van der Waals surface area contributed by atoms with E-state index in [1.807, 2.05) is 23.6 Å². The lowest BCUT2D eigenvalue weighted by atomic mass is 10.3. The van der Waals surface area contributed by atoms with Gasteiger partial charge in [0.1, 0.15) is 0 Å². The number of pyridine rings is 1. The Kier molecular flexibility index (Phi) is 4.97. The van der Waals surface area contributed by atoms with Crippen LogP contribution in [0.15, 0.2) is 36.0 Å². The third-order valence-corrected chi connectivity index (χ3v) is 4.16. The molecule has 124 valence electrons. The maximum atomic E-state index is 12.3. The molecule has 8 heteroatoms. The van der Waals surface area contributed by atoms with Gasteiger partial charge in [-0.3, -0.25) is 9.78 Å². The van der Waals surface area contributed by atoms with Crippen molar-refractivity contribution in [3.05, 3.63) is 47.2 Å². The molecule has 0 saturated heterocycles. The monoisotopic (exact) mass is 343 g/mol. The number of nitrogens with zero attached hydrogens (tertiary/aromatic N) is 3. The highest BCUT2D eigenvalue weighted by Gasteiger charge is 2.16. The van der Waals surface area contributed by atoms with Gasteiger partial charge in [0.2, 0.25) is 5.95 Å². The van der Waals surface area contributed by atoms with Gasteiger partial charge < -0.3 is 15.7 Å². The van der Waals surface area contributed by atoms with Gasteiger partial charge in [0.15, 0.2) is 5.69 Å². The summed E-state index contributed by atoms with van der Waals surface area (Å²) in [6, 6.07) is 5.65. The van der Waals surface area contributed by atoms with Crippen LogP contribution in [0, 0.1) is 0 Å². The molecule has 24 heavy (non-hydrogen) atoms. The van der Waals surface area contributed by atoms with Gasteiger partial charge in [0.05, 0.1) is 16.3 Å². The van der Waals surface area contributed by atoms with Gasteiger partial charge in [-0.05, 0) is 30.0 Å². The normalized spacial score (nSPS) is 12.1. The number of hydrogen-bond donors (Lipinski definition) is 3. The summed E-state index contributed by atoms with van der Waals surface area (Å²) in [6.45, 7) is 2.30. The van der Waals surface area contributed by atoms with Crippen LogP contribution in [0.2, 0.25) is 0 Å². The van der Waals surface area contributed by atoms with Crippen LogP contribution < -0.4 is 10.6 Å². The van der Waals surface area contributed by atoms with Crippen LogP contribution in [0.5, 0.6) is 0 Å². The fourth-order valence-electron chi connectivity index (χ4n) is 2.10. The third kappa shape index (κ3) is 3.84. The summed E-state index contributed by atoms with van der Waals surface area (Å²) in [7, 11) is 0. The highest BCUT2D eigenvalue weighted by atomic mass is 32.1. The number of rotatable bonds is 6. The van der Waals surface area contributed by atoms with E-state index in [2.05, 4.69) is 25.6 Å². The SMILES string of the molecule is CC(O)CNC(=O)c1nc(NCc2cccnc2)nc2ccsc12. The molecule has 0 bridgehead atoms. The van der Waals surface area contributed by atoms with E-state index in [9.17, 15) is 9.90 Å². The maximum absolute atomic E-state index is 12.3. The Morgan fingerprint density at radius 2 is 2.25 bits per heavy atom. The third-order valence-electron chi connectivity index (χ3n) is 3.25. The van der Waals surface area contributed by atoms with Gasteiger partial charge in [-0.2, -0.15) is 0 Å². The fraction of sp³-hybridized carbons (Fsp3) is 0.250. The molecule has 7 nitrogen and oxygen atoms in total. The molecular formula is C16H17N5O2S. The van der Waals surface area contributed by atoms with Crippen LogP contribution in [0.25, 0.3) is 10.2 Å². The van der Waals surface area contributed by atoms with Crippen molar-refractivity contribution < 1.29 is 9.90 Å². The molecule has 1 atom stereocenters. The molecule has 3 heterocycles. The minimum Gasteiger partial charge on any atom is -0.392 e. The van der Waals surface area contributed by atoms with Crippen molar-refractivity contribution in [1.29, 1.82) is 0 Å². The molecule has 0 aliphatic heterocycles. The number of anilines is 1. The minimum absolute atomic E-state index is 0.175. The average molecular weight is 343 g/mol. The minimum atomic E-state index is -0.613. The van der Waals surface area contributed by atoms with Gasteiger partial charge in [-0.25, -0.2) is 9.97 Å². The molecule has 3 aromatic rings. The zero-order valence-corrected chi connectivity index (χ0v) is 13.9. The van der Waals surface area contributed by atoms with E-state index in [-0.39, 0.29) is 12.5 Å². The summed E-state index contributed by atoms with van der Waals surface area (Å²) >= 11 is 1.41. The molecular weight excluding hydrogens is 326 g/mol. The van der Waals surface area contributed by atoms with Gasteiger partial charge >= 0.3 is 0 Å². The second-order valence-electron chi connectivity index (χ2n) is 5.30. The number of thiophene rings is 1. The molecule has 0 spiro atoms. The van der Waals surface area contributed by atoms with E-state index in [1.54, 1.807) is 19.3 Å². The van der Waals surface area contributed by atoms with Crippen LogP contribution in [0.3, 0.4) is 0 Å². The molecule has 0 aromatic carbocycles. The average Bonchev–Trinajstić information content (AvgIpc) is 3.06. The predicted octanol–water partition coefficient (Wildman–Crippen LogP) is 1.81. The van der Waals surface area contributed by atoms with Crippen molar-refractivity contribution in [2.24, 2.45) is 0 Å². The largest absolute Gasteiger partial charge is 0.392 e. The first-order valence-corrected chi connectivity index (χ1v) is 8.35. The Bertz CT molecular complexity index is 835. The summed E-state index contributed by atoms with van der Waals surface area (Å²) in [4.78, 5) is 25.2. The first kappa shape index (κ1) is 16.3. The van der Waals surface area contributed by atoms with Crippen LogP contribution in [0.1, 0.15) is 23.0 Å². The molecule has 1 unspecified atom stereocenters. The van der Waals surface area contributed by atoms with E-state index in [0.29, 0.717) is 23.7 Å². The van der Waals surface area contributed by atoms with Gasteiger partial charge in [-0.15, -0.1) is 11.3 Å². The van der Waals surface area contributed by atoms with E-state index < -0.39 is 6.10 Å². The Labute approximate surface area is 142 Å². The molecule has 3 aromatic heterocycles. The second kappa shape index (κ2) is 7.33. The van der Waals surface area contributed by atoms with E-state index in [1.165, 1.54) is 11.3 Å². The Morgan fingerprint density at radius 3 is 3.00 bits per heavy atom. The standard InChI is InChI=1S/C16H17N5O2S/c1-10(22)7-18-15(23)13-14-12(4-6-24-14)20-16(21-13)19-9-11-3-2-5-17-8-11/h2-6,8,10,22H,7,9H2,1H3,(H,18,23)(H,19,20,21). The summed E-state index contributed by atoms with van der Waals surface area (Å²) < 4.78 is 0.727. The van der Waals surface area contributed by atoms with E-state index in [4.69, 9.17) is 0 Å². The van der Waals surface area contributed by atoms with E-state index in [0.717, 1.165) is 10.3 Å². The highest BCUT2D eigenvalue weighted by molar-refractivity contribution is 7.17. The fourth-order valence-corrected chi connectivity index (χ4v) is 2.92. The molecule has 0 radical (unpaired) electrons. The van der Waals surface area contributed by atoms with E-state index >= 15 is 0 Å². The zero-order chi connectivity index (χ0) is 16.9. The highest BCUT2D eigenvalue weighted by Crippen LogP contribution is 2.23. The van der Waals surface area contributed by atoms with Crippen molar-refractivity contribution in [3.8, 4) is 0 Å². The number of carbonyl (C=O) groups excluding carboxylic acids is 1. The molecule has 0 aliphatic carbocycles. The van der Waals surface area contributed by atoms with Crippen LogP contribution in [-0.2, 0) is 6.54 Å². The molecule has 0 aliphatic rings. The summed E-state index contributed by atoms with van der Waals surface area (Å²) in [5.41, 5.74) is 2.02. The second-order valence-corrected chi connectivity index (χ2v) is 6.22. The Hall–Kier alpha value is -2.58. The van der Waals surface area contributed by atoms with Crippen molar-refractivity contribution in [2.75, 3.05) is 11.9 Å². The number of hydrogen-bond acceptors (Lipinski definition) is 7. The number of fused-ring (bicyclic) bond motifs is 1. The lowest BCUT2D eigenvalue weighted by Crippen LogP contribution is -2.31. The Balaban J connectivity index is 1.83. The van der Waals surface area contributed by atoms with Crippen molar-refractivity contribution in [1.82, 2.24) is 20.3 Å². The summed E-state index contributed by atoms with van der Waals surface area (Å²) in [5, 5.41) is 17.0. The zero-order valence-electron chi connectivity index (χ0n) is 13.1. The van der Waals surface area contributed by atoms with Gasteiger partial charge in [-0.1, -0.05) is 6.07 Å². The molecule has 3 rings (SSSR count). The van der Waals surface area contributed by atoms with Crippen LogP contribution >= 0.6 is 11.3 Å². The lowest BCUT2D eigenvalue weighted by Gasteiger charge is -2.09. The smallest absolute Gasteiger partial charge is 0.271 e. The van der Waals surface area contributed by atoms with Crippen molar-refractivity contribution >= 4 is 33.4 Å². The number of aliphatic hydroxyl groups excluding tert-OH is 1. The van der Waals surface area contributed by atoms with Gasteiger partial charge in [0, 0.05) is 25.5 Å². The summed E-state index contributed by atoms with van der Waals surface area (Å²) in [6.07, 6.45) is 2.85. The first-order valence-electron chi connectivity index (χ1n) is 7.48. The quantitative estimate of drug-likeness (QED) is 0.631. The number of aliphatic hydroxyl groups is 1. The van der Waals surface area contributed by atoms with Crippen molar-refractivity contribution in [2.45, 2.75) is 19.6 Å². The topological polar surface area (TPSA) is 100 Å². The number of aromatic nitrogens is 3. The number of amides is 1. The lowest BCUT2D eigenvalue weighted by molar-refractivity contribution is 0.0921. The van der Waals surface area contributed by atoms with Crippen LogP contribution in [-0.4, -0.2) is 38.6 Å². The molecule has 3 N–H and O–H groups in total. The van der Waals surface area contributed by atoms with Crippen LogP contribution in [0.4, 0.5) is 5.95 Å². The number of carbonyl (C=O) groups is 1. The van der Waals surface area contributed by atoms with Crippen molar-refractivity contribution in [3.63, 3.8) is 0 Å². The van der Waals surface area contributed by atoms with Gasteiger partial charge in [0.25, 0.3) is 5.91 Å². The Morgan fingerprint density at radius 1 is 1.38 bits per heavy atom. The summed E-state index contributed by atoms with van der Waals surface area (Å²) in [5.74, 6) is 0.0575. The molecule has 0 fully saturated rings. The first-order chi connectivity index (χ1) is 11.6. The predicted molar refractivity (Wildman–Crippen MR) is 93.0 cm³/mol. The number of nitrogens with one attached hydrogen (secondary N) is 2. The molecule has 0 saturated carbocycles.